The van der Waals surface area contributed by atoms with E-state index in [9.17, 15) is 14.7 Å². The lowest BCUT2D eigenvalue weighted by Gasteiger charge is -2.31. The van der Waals surface area contributed by atoms with Crippen LogP contribution in [0.2, 0.25) is 5.02 Å². The molecule has 1 unspecified atom stereocenters. The van der Waals surface area contributed by atoms with Crippen molar-refractivity contribution in [2.24, 2.45) is 0 Å². The molecule has 2 rings (SSSR count). The van der Waals surface area contributed by atoms with Crippen molar-refractivity contribution < 1.29 is 24.2 Å². The topological polar surface area (TPSA) is 76.1 Å². The molecule has 1 N–H and O–H groups in total. The van der Waals surface area contributed by atoms with Gasteiger partial charge in [-0.25, -0.2) is 0 Å². The van der Waals surface area contributed by atoms with E-state index >= 15 is 0 Å². The minimum absolute atomic E-state index is 0.128. The van der Waals surface area contributed by atoms with Crippen LogP contribution in [0.5, 0.6) is 0 Å². The summed E-state index contributed by atoms with van der Waals surface area (Å²) in [5.74, 6) is -2.45. The van der Waals surface area contributed by atoms with Crippen LogP contribution in [-0.4, -0.2) is 47.4 Å². The van der Waals surface area contributed by atoms with Crippen LogP contribution in [0.15, 0.2) is 24.3 Å². The van der Waals surface area contributed by atoms with Gasteiger partial charge in [0.25, 0.3) is 5.91 Å². The fraction of sp³-hybridized carbons (Fsp3) is 0.556. The predicted molar refractivity (Wildman–Crippen MR) is 92.9 cm³/mol. The molecule has 7 heteroatoms. The molecule has 1 fully saturated rings. The van der Waals surface area contributed by atoms with Gasteiger partial charge < -0.3 is 19.5 Å². The van der Waals surface area contributed by atoms with Gasteiger partial charge in [-0.05, 0) is 44.4 Å². The summed E-state index contributed by atoms with van der Waals surface area (Å²) in [5.41, 5.74) is 0.943. The van der Waals surface area contributed by atoms with E-state index in [1.165, 1.54) is 21.0 Å². The molecule has 1 amide bonds. The predicted octanol–water partition coefficient (Wildman–Crippen LogP) is 2.68. The van der Waals surface area contributed by atoms with Gasteiger partial charge in [-0.2, -0.15) is 0 Å². The Balaban J connectivity index is 2.22. The van der Waals surface area contributed by atoms with E-state index in [0.29, 0.717) is 11.6 Å². The smallest absolute Gasteiger partial charge is 0.308 e. The van der Waals surface area contributed by atoms with Crippen molar-refractivity contribution in [2.75, 3.05) is 13.7 Å². The van der Waals surface area contributed by atoms with Crippen LogP contribution in [0, 0.1) is 0 Å². The number of rotatable bonds is 6. The third kappa shape index (κ3) is 5.42. The summed E-state index contributed by atoms with van der Waals surface area (Å²) in [4.78, 5) is 26.3. The standard InChI is InChI=1S/C18H24ClNO5/c1-18(2,23)25-15(11-16(21)24-3)17(22)20-9-5-8-14(20)12-6-4-7-13(19)10-12/h4,6-7,10,14-15,23H,5,8-9,11H2,1-3H3/t14?,15-/m1/s1. The summed E-state index contributed by atoms with van der Waals surface area (Å²) in [6.45, 7) is 3.40. The molecule has 2 atom stereocenters. The third-order valence-corrected chi connectivity index (χ3v) is 4.29. The first-order chi connectivity index (χ1) is 11.7. The number of methoxy groups -OCH3 is 1. The Morgan fingerprint density at radius 2 is 2.16 bits per heavy atom. The van der Waals surface area contributed by atoms with E-state index < -0.39 is 17.9 Å². The average Bonchev–Trinajstić information content (AvgIpc) is 3.01. The van der Waals surface area contributed by atoms with Crippen LogP contribution < -0.4 is 0 Å². The van der Waals surface area contributed by atoms with Gasteiger partial charge in [0, 0.05) is 11.6 Å². The summed E-state index contributed by atoms with van der Waals surface area (Å²) in [6, 6.07) is 7.26. The highest BCUT2D eigenvalue weighted by Crippen LogP contribution is 2.34. The molecular weight excluding hydrogens is 346 g/mol. The molecular formula is C18H24ClNO5. The molecule has 138 valence electrons. The summed E-state index contributed by atoms with van der Waals surface area (Å²) in [6.07, 6.45) is 0.292. The van der Waals surface area contributed by atoms with Crippen LogP contribution in [0.1, 0.15) is 44.7 Å². The summed E-state index contributed by atoms with van der Waals surface area (Å²) < 4.78 is 10.1. The Morgan fingerprint density at radius 1 is 1.44 bits per heavy atom. The van der Waals surface area contributed by atoms with Gasteiger partial charge in [-0.1, -0.05) is 23.7 Å². The van der Waals surface area contributed by atoms with Crippen LogP contribution in [0.3, 0.4) is 0 Å². The molecule has 1 aliphatic heterocycles. The number of amides is 1. The molecule has 25 heavy (non-hydrogen) atoms. The van der Waals surface area contributed by atoms with Crippen molar-refractivity contribution in [3.63, 3.8) is 0 Å². The molecule has 1 saturated heterocycles. The van der Waals surface area contributed by atoms with Crippen molar-refractivity contribution in [3.8, 4) is 0 Å². The fourth-order valence-electron chi connectivity index (χ4n) is 3.04. The molecule has 0 saturated carbocycles. The lowest BCUT2D eigenvalue weighted by molar-refractivity contribution is -0.214. The number of hydrogen-bond donors (Lipinski definition) is 1. The summed E-state index contributed by atoms with van der Waals surface area (Å²) in [7, 11) is 1.25. The zero-order chi connectivity index (χ0) is 18.6. The maximum Gasteiger partial charge on any atom is 0.308 e. The van der Waals surface area contributed by atoms with Gasteiger partial charge in [-0.3, -0.25) is 9.59 Å². The highest BCUT2D eigenvalue weighted by Gasteiger charge is 2.37. The molecule has 0 spiro atoms. The summed E-state index contributed by atoms with van der Waals surface area (Å²) >= 11 is 6.07. The highest BCUT2D eigenvalue weighted by atomic mass is 35.5. The minimum atomic E-state index is -1.54. The van der Waals surface area contributed by atoms with Crippen molar-refractivity contribution in [1.82, 2.24) is 4.90 Å². The molecule has 0 radical (unpaired) electrons. The zero-order valence-electron chi connectivity index (χ0n) is 14.7. The highest BCUT2D eigenvalue weighted by molar-refractivity contribution is 6.30. The maximum atomic E-state index is 13.0. The Kier molecular flexibility index (Phi) is 6.43. The number of nitrogens with zero attached hydrogens (tertiary/aromatic N) is 1. The van der Waals surface area contributed by atoms with E-state index in [1.54, 1.807) is 11.0 Å². The lowest BCUT2D eigenvalue weighted by atomic mass is 10.0. The van der Waals surface area contributed by atoms with E-state index in [-0.39, 0.29) is 18.4 Å². The quantitative estimate of drug-likeness (QED) is 0.616. The Morgan fingerprint density at radius 3 is 2.76 bits per heavy atom. The number of aliphatic hydroxyl groups is 1. The van der Waals surface area contributed by atoms with Crippen LogP contribution in [-0.2, 0) is 19.1 Å². The Bertz CT molecular complexity index is 628. The number of halogens is 1. The largest absolute Gasteiger partial charge is 0.469 e. The first kappa shape index (κ1) is 19.7. The molecule has 1 aliphatic rings. The third-order valence-electron chi connectivity index (χ3n) is 4.06. The molecule has 1 heterocycles. The van der Waals surface area contributed by atoms with E-state index in [2.05, 4.69) is 4.74 Å². The molecule has 0 bridgehead atoms. The number of ether oxygens (including phenoxy) is 2. The number of esters is 1. The summed E-state index contributed by atoms with van der Waals surface area (Å²) in [5, 5.41) is 10.5. The second-order valence-electron chi connectivity index (χ2n) is 6.58. The van der Waals surface area contributed by atoms with E-state index in [0.717, 1.165) is 18.4 Å². The van der Waals surface area contributed by atoms with Gasteiger partial charge in [0.05, 0.1) is 19.6 Å². The second kappa shape index (κ2) is 8.17. The average molecular weight is 370 g/mol. The van der Waals surface area contributed by atoms with Gasteiger partial charge in [-0.15, -0.1) is 0 Å². The van der Waals surface area contributed by atoms with E-state index in [4.69, 9.17) is 16.3 Å². The molecule has 0 aromatic heterocycles. The molecule has 6 nitrogen and oxygen atoms in total. The second-order valence-corrected chi connectivity index (χ2v) is 7.01. The van der Waals surface area contributed by atoms with E-state index in [1.807, 2.05) is 18.2 Å². The fourth-order valence-corrected chi connectivity index (χ4v) is 3.24. The van der Waals surface area contributed by atoms with Crippen molar-refractivity contribution in [3.05, 3.63) is 34.9 Å². The van der Waals surface area contributed by atoms with Gasteiger partial charge in [0.15, 0.2) is 5.79 Å². The van der Waals surface area contributed by atoms with Crippen molar-refractivity contribution >= 4 is 23.5 Å². The minimum Gasteiger partial charge on any atom is -0.469 e. The Labute approximate surface area is 152 Å². The number of benzene rings is 1. The number of hydrogen-bond acceptors (Lipinski definition) is 5. The van der Waals surface area contributed by atoms with Gasteiger partial charge in [0.1, 0.15) is 6.10 Å². The first-order valence-corrected chi connectivity index (χ1v) is 8.62. The van der Waals surface area contributed by atoms with Crippen LogP contribution >= 0.6 is 11.6 Å². The maximum absolute atomic E-state index is 13.0. The SMILES string of the molecule is COC(=O)C[C@@H](OC(C)(C)O)C(=O)N1CCCC1c1cccc(Cl)c1. The van der Waals surface area contributed by atoms with Crippen LogP contribution in [0.25, 0.3) is 0 Å². The normalized spacial score (nSPS) is 18.9. The monoisotopic (exact) mass is 369 g/mol. The number of likely N-dealkylation sites (tertiary alicyclic amines) is 1. The molecule has 1 aromatic rings. The zero-order valence-corrected chi connectivity index (χ0v) is 15.5. The Hall–Kier alpha value is -1.63. The van der Waals surface area contributed by atoms with Gasteiger partial charge in [0.2, 0.25) is 0 Å². The number of carbonyl (C=O) groups excluding carboxylic acids is 2. The lowest BCUT2D eigenvalue weighted by Crippen LogP contribution is -2.45. The van der Waals surface area contributed by atoms with Crippen LogP contribution in [0.4, 0.5) is 0 Å². The first-order valence-electron chi connectivity index (χ1n) is 8.24. The molecule has 1 aromatic carbocycles. The van der Waals surface area contributed by atoms with Crippen molar-refractivity contribution in [1.29, 1.82) is 0 Å². The van der Waals surface area contributed by atoms with Crippen molar-refractivity contribution in [2.45, 2.75) is 51.0 Å². The van der Waals surface area contributed by atoms with Gasteiger partial charge >= 0.3 is 5.97 Å². The molecule has 0 aliphatic carbocycles. The number of carbonyl (C=O) groups is 2.